The zero-order chi connectivity index (χ0) is 23.1. The summed E-state index contributed by atoms with van der Waals surface area (Å²) in [6.07, 6.45) is 11.9. The van der Waals surface area contributed by atoms with E-state index in [0.717, 1.165) is 64.7 Å². The molecule has 0 aliphatic carbocycles. The topological polar surface area (TPSA) is 110 Å². The molecule has 0 saturated carbocycles. The Balaban J connectivity index is 1.28. The summed E-state index contributed by atoms with van der Waals surface area (Å²) in [4.78, 5) is 19.9. The number of aromatic amines is 1. The van der Waals surface area contributed by atoms with Gasteiger partial charge in [0.25, 0.3) is 0 Å². The predicted octanol–water partition coefficient (Wildman–Crippen LogP) is 4.32. The van der Waals surface area contributed by atoms with E-state index in [0.29, 0.717) is 12.0 Å². The number of hydrogen-bond donors (Lipinski definition) is 1. The molecule has 9 heteroatoms. The zero-order valence-electron chi connectivity index (χ0n) is 18.5. The average Bonchev–Trinajstić information content (AvgIpc) is 3.67. The van der Waals surface area contributed by atoms with Gasteiger partial charge >= 0.3 is 0 Å². The summed E-state index contributed by atoms with van der Waals surface area (Å²) in [5.74, 6) is 2.09. The molecular formula is C25H22N8S. The minimum Gasteiger partial charge on any atom is -0.355 e. The molecule has 2 atom stereocenters. The zero-order valence-corrected chi connectivity index (χ0v) is 19.3. The van der Waals surface area contributed by atoms with Crippen LogP contribution in [0.2, 0.25) is 0 Å². The molecule has 4 aromatic heterocycles. The number of fused-ring (bicyclic) bond motifs is 2. The average molecular weight is 467 g/mol. The van der Waals surface area contributed by atoms with E-state index >= 15 is 0 Å². The van der Waals surface area contributed by atoms with Gasteiger partial charge in [0.1, 0.15) is 29.4 Å². The maximum Gasteiger partial charge on any atom is 0.147 e. The molecule has 6 heterocycles. The summed E-state index contributed by atoms with van der Waals surface area (Å²) in [5.41, 5.74) is 4.59. The lowest BCUT2D eigenvalue weighted by molar-refractivity contribution is 0.360. The molecule has 168 valence electrons. The Morgan fingerprint density at radius 3 is 3.06 bits per heavy atom. The van der Waals surface area contributed by atoms with Crippen molar-refractivity contribution >= 4 is 28.6 Å². The lowest BCUT2D eigenvalue weighted by Crippen LogP contribution is -2.25. The van der Waals surface area contributed by atoms with Crippen LogP contribution in [0.1, 0.15) is 30.0 Å². The first-order valence-corrected chi connectivity index (χ1v) is 12.4. The summed E-state index contributed by atoms with van der Waals surface area (Å²) in [7, 11) is 0. The smallest absolute Gasteiger partial charge is 0.147 e. The molecule has 2 unspecified atom stereocenters. The Kier molecular flexibility index (Phi) is 5.20. The van der Waals surface area contributed by atoms with Gasteiger partial charge in [-0.25, -0.2) is 15.0 Å². The van der Waals surface area contributed by atoms with Gasteiger partial charge in [0.05, 0.1) is 24.2 Å². The van der Waals surface area contributed by atoms with Crippen LogP contribution >= 0.6 is 11.8 Å². The van der Waals surface area contributed by atoms with E-state index in [1.54, 1.807) is 18.1 Å². The highest BCUT2D eigenvalue weighted by Gasteiger charge is 2.33. The number of nitriles is 2. The highest BCUT2D eigenvalue weighted by molar-refractivity contribution is 7.99. The van der Waals surface area contributed by atoms with Crippen molar-refractivity contribution in [1.29, 1.82) is 10.5 Å². The highest BCUT2D eigenvalue weighted by Crippen LogP contribution is 2.40. The van der Waals surface area contributed by atoms with Crippen LogP contribution in [0.5, 0.6) is 0 Å². The molecule has 4 aromatic rings. The lowest BCUT2D eigenvalue weighted by Gasteiger charge is -2.24. The van der Waals surface area contributed by atoms with Crippen LogP contribution < -0.4 is 4.90 Å². The maximum absolute atomic E-state index is 9.86. The number of hydrogen-bond acceptors (Lipinski definition) is 7. The standard InChI is InChI=1S/C25H22N8S/c26-6-1-21(32-8-4-18(14-32)22-19-2-7-28-24(19)31-15-30-22)17-3-9-33(13-17)25-20(11-27)23-16(12-29-25)5-10-34-23/h2,4,7-8,12,14-15,17,21H,1,3,5,9-10,13H2,(H,28,30,31). The Morgan fingerprint density at radius 1 is 1.24 bits per heavy atom. The van der Waals surface area contributed by atoms with Crippen molar-refractivity contribution in [2.45, 2.75) is 30.2 Å². The Hall–Kier alpha value is -3.82. The normalized spacial score (nSPS) is 18.1. The van der Waals surface area contributed by atoms with Gasteiger partial charge in [-0.3, -0.25) is 0 Å². The number of aryl methyl sites for hydroxylation is 1. The van der Waals surface area contributed by atoms with Gasteiger partial charge in [-0.2, -0.15) is 10.5 Å². The van der Waals surface area contributed by atoms with Gasteiger partial charge in [0.15, 0.2) is 0 Å². The first-order chi connectivity index (χ1) is 16.8. The molecule has 1 N–H and O–H groups in total. The largest absolute Gasteiger partial charge is 0.355 e. The van der Waals surface area contributed by atoms with Gasteiger partial charge in [-0.15, -0.1) is 11.8 Å². The molecular weight excluding hydrogens is 444 g/mol. The maximum atomic E-state index is 9.86. The van der Waals surface area contributed by atoms with Crippen molar-refractivity contribution in [3.8, 4) is 23.4 Å². The fraction of sp³-hybridized carbons (Fsp3) is 0.320. The molecule has 1 saturated heterocycles. The van der Waals surface area contributed by atoms with Crippen molar-refractivity contribution in [2.75, 3.05) is 23.7 Å². The van der Waals surface area contributed by atoms with Gasteiger partial charge in [0.2, 0.25) is 0 Å². The third-order valence-electron chi connectivity index (χ3n) is 6.91. The van der Waals surface area contributed by atoms with Crippen LogP contribution in [-0.2, 0) is 6.42 Å². The van der Waals surface area contributed by atoms with Crippen molar-refractivity contribution in [1.82, 2.24) is 24.5 Å². The van der Waals surface area contributed by atoms with E-state index < -0.39 is 0 Å². The quantitative estimate of drug-likeness (QED) is 0.466. The van der Waals surface area contributed by atoms with E-state index in [9.17, 15) is 10.5 Å². The minimum absolute atomic E-state index is 0.0432. The predicted molar refractivity (Wildman–Crippen MR) is 130 cm³/mol. The van der Waals surface area contributed by atoms with E-state index in [-0.39, 0.29) is 12.0 Å². The van der Waals surface area contributed by atoms with Gasteiger partial charge in [-0.1, -0.05) is 0 Å². The molecule has 1 fully saturated rings. The summed E-state index contributed by atoms with van der Waals surface area (Å²) in [6.45, 7) is 1.61. The first-order valence-electron chi connectivity index (χ1n) is 11.4. The summed E-state index contributed by atoms with van der Waals surface area (Å²) < 4.78 is 2.16. The third-order valence-corrected chi connectivity index (χ3v) is 8.07. The van der Waals surface area contributed by atoms with Gasteiger partial charge in [0, 0.05) is 59.5 Å². The minimum atomic E-state index is 0.0432. The van der Waals surface area contributed by atoms with E-state index in [1.165, 1.54) is 5.56 Å². The molecule has 0 aromatic carbocycles. The molecule has 8 nitrogen and oxygen atoms in total. The summed E-state index contributed by atoms with van der Waals surface area (Å²) in [6, 6.07) is 8.88. The van der Waals surface area contributed by atoms with Gasteiger partial charge < -0.3 is 14.5 Å². The summed E-state index contributed by atoms with van der Waals surface area (Å²) in [5, 5.41) is 20.4. The van der Waals surface area contributed by atoms with Crippen LogP contribution in [0, 0.1) is 28.6 Å². The van der Waals surface area contributed by atoms with Crippen LogP contribution in [0.25, 0.3) is 22.3 Å². The number of thioether (sulfide) groups is 1. The molecule has 34 heavy (non-hydrogen) atoms. The number of pyridine rings is 1. The number of aromatic nitrogens is 5. The summed E-state index contributed by atoms with van der Waals surface area (Å²) >= 11 is 1.76. The van der Waals surface area contributed by atoms with E-state index in [1.807, 2.05) is 24.7 Å². The van der Waals surface area contributed by atoms with Crippen LogP contribution in [0.3, 0.4) is 0 Å². The van der Waals surface area contributed by atoms with Gasteiger partial charge in [-0.05, 0) is 36.5 Å². The highest BCUT2D eigenvalue weighted by atomic mass is 32.2. The van der Waals surface area contributed by atoms with E-state index in [4.69, 9.17) is 0 Å². The van der Waals surface area contributed by atoms with Crippen LogP contribution in [0.15, 0.2) is 48.1 Å². The molecule has 0 amide bonds. The van der Waals surface area contributed by atoms with Crippen LogP contribution in [-0.4, -0.2) is 43.3 Å². The Labute approximate surface area is 201 Å². The molecule has 2 aliphatic rings. The van der Waals surface area contributed by atoms with E-state index in [2.05, 4.69) is 53.8 Å². The molecule has 2 aliphatic heterocycles. The second kappa shape index (κ2) is 8.51. The second-order valence-electron chi connectivity index (χ2n) is 8.76. The molecule has 0 bridgehead atoms. The number of nitrogens with one attached hydrogen (secondary N) is 1. The number of nitrogens with zero attached hydrogens (tertiary/aromatic N) is 7. The monoisotopic (exact) mass is 466 g/mol. The van der Waals surface area contributed by atoms with Crippen molar-refractivity contribution < 1.29 is 0 Å². The Bertz CT molecular complexity index is 1460. The van der Waals surface area contributed by atoms with Crippen molar-refractivity contribution in [3.63, 3.8) is 0 Å². The lowest BCUT2D eigenvalue weighted by atomic mass is 9.96. The second-order valence-corrected chi connectivity index (χ2v) is 9.86. The van der Waals surface area contributed by atoms with Crippen molar-refractivity contribution in [2.24, 2.45) is 5.92 Å². The molecule has 0 radical (unpaired) electrons. The Morgan fingerprint density at radius 2 is 2.18 bits per heavy atom. The SMILES string of the molecule is N#CCC(C1CCN(c2ncc3c(c2C#N)SCC3)C1)n1ccc(-c2ncnc3[nH]ccc23)c1. The fourth-order valence-corrected chi connectivity index (χ4v) is 6.38. The third kappa shape index (κ3) is 3.41. The van der Waals surface area contributed by atoms with Crippen LogP contribution in [0.4, 0.5) is 5.82 Å². The number of anilines is 1. The number of rotatable bonds is 5. The first kappa shape index (κ1) is 20.8. The fourth-order valence-electron chi connectivity index (χ4n) is 5.24. The molecule has 0 spiro atoms. The molecule has 6 rings (SSSR count). The number of H-pyrrole nitrogens is 1. The van der Waals surface area contributed by atoms with Crippen molar-refractivity contribution in [3.05, 3.63) is 54.4 Å².